The van der Waals surface area contributed by atoms with E-state index in [2.05, 4.69) is 5.10 Å². The molecule has 0 aliphatic carbocycles. The van der Waals surface area contributed by atoms with E-state index in [9.17, 15) is 13.2 Å². The number of carbonyl (C=O) groups excluding carboxylic acids is 1. The zero-order valence-electron chi connectivity index (χ0n) is 16.4. The van der Waals surface area contributed by atoms with Gasteiger partial charge >= 0.3 is 0 Å². The molecule has 0 radical (unpaired) electrons. The summed E-state index contributed by atoms with van der Waals surface area (Å²) in [6, 6.07) is 7.81. The van der Waals surface area contributed by atoms with Crippen LogP contribution in [0.15, 0.2) is 24.3 Å². The van der Waals surface area contributed by atoms with Gasteiger partial charge < -0.3 is 4.90 Å². The standard InChI is InChI=1S/C20H27N3O3S/c1-14-7-5-6-8-17(14)11-20(24)22(4)12-19-15(2)21-23(16(19)3)18-9-10-27(25,26)13-18/h5-8,18H,9-13H2,1-4H3/t18-/m0/s1. The third kappa shape index (κ3) is 4.24. The monoisotopic (exact) mass is 389 g/mol. The molecule has 0 unspecified atom stereocenters. The van der Waals surface area contributed by atoms with Crippen LogP contribution in [0.5, 0.6) is 0 Å². The van der Waals surface area contributed by atoms with Crippen molar-refractivity contribution in [1.82, 2.24) is 14.7 Å². The fourth-order valence-electron chi connectivity index (χ4n) is 3.68. The van der Waals surface area contributed by atoms with E-state index in [4.69, 9.17) is 0 Å². The van der Waals surface area contributed by atoms with Crippen molar-refractivity contribution in [2.45, 2.75) is 46.2 Å². The molecule has 2 aromatic rings. The number of nitrogens with zero attached hydrogens (tertiary/aromatic N) is 3. The number of amides is 1. The normalized spacial score (nSPS) is 18.6. The highest BCUT2D eigenvalue weighted by molar-refractivity contribution is 7.91. The molecule has 1 fully saturated rings. The quantitative estimate of drug-likeness (QED) is 0.787. The van der Waals surface area contributed by atoms with Crippen molar-refractivity contribution in [3.63, 3.8) is 0 Å². The molecule has 1 aromatic heterocycles. The first-order chi connectivity index (χ1) is 12.7. The molecule has 1 aliphatic rings. The van der Waals surface area contributed by atoms with Crippen LogP contribution in [-0.4, -0.2) is 47.6 Å². The smallest absolute Gasteiger partial charge is 0.227 e. The molecule has 1 atom stereocenters. The van der Waals surface area contributed by atoms with Gasteiger partial charge in [0.05, 0.1) is 29.7 Å². The Bertz CT molecular complexity index is 963. The van der Waals surface area contributed by atoms with E-state index in [0.717, 1.165) is 28.1 Å². The van der Waals surface area contributed by atoms with Crippen LogP contribution in [0, 0.1) is 20.8 Å². The minimum Gasteiger partial charge on any atom is -0.341 e. The highest BCUT2D eigenvalue weighted by Crippen LogP contribution is 2.27. The molecular weight excluding hydrogens is 362 g/mol. The van der Waals surface area contributed by atoms with Crippen molar-refractivity contribution >= 4 is 15.7 Å². The molecule has 2 heterocycles. The van der Waals surface area contributed by atoms with E-state index in [1.807, 2.05) is 49.7 Å². The van der Waals surface area contributed by atoms with Gasteiger partial charge in [-0.15, -0.1) is 0 Å². The second-order valence-electron chi connectivity index (χ2n) is 7.50. The lowest BCUT2D eigenvalue weighted by Gasteiger charge is -2.19. The Labute approximate surface area is 161 Å². The number of carbonyl (C=O) groups is 1. The van der Waals surface area contributed by atoms with E-state index in [-0.39, 0.29) is 23.5 Å². The number of hydrogen-bond donors (Lipinski definition) is 0. The third-order valence-corrected chi connectivity index (χ3v) is 7.20. The zero-order chi connectivity index (χ0) is 19.8. The lowest BCUT2D eigenvalue weighted by Crippen LogP contribution is -2.28. The van der Waals surface area contributed by atoms with Crippen LogP contribution >= 0.6 is 0 Å². The number of hydrogen-bond acceptors (Lipinski definition) is 4. The van der Waals surface area contributed by atoms with Crippen LogP contribution in [0.1, 0.15) is 40.5 Å². The summed E-state index contributed by atoms with van der Waals surface area (Å²) in [6.07, 6.45) is 0.974. The number of rotatable bonds is 5. The fourth-order valence-corrected chi connectivity index (χ4v) is 5.37. The van der Waals surface area contributed by atoms with Crippen LogP contribution in [-0.2, 0) is 27.6 Å². The first kappa shape index (κ1) is 19.6. The fraction of sp³-hybridized carbons (Fsp3) is 0.500. The summed E-state index contributed by atoms with van der Waals surface area (Å²) in [6.45, 7) is 6.36. The molecule has 146 valence electrons. The highest BCUT2D eigenvalue weighted by Gasteiger charge is 2.31. The summed E-state index contributed by atoms with van der Waals surface area (Å²) in [4.78, 5) is 14.4. The van der Waals surface area contributed by atoms with Gasteiger partial charge in [-0.3, -0.25) is 9.48 Å². The van der Waals surface area contributed by atoms with Crippen molar-refractivity contribution in [3.8, 4) is 0 Å². The molecule has 0 bridgehead atoms. The van der Waals surface area contributed by atoms with Crippen LogP contribution < -0.4 is 0 Å². The van der Waals surface area contributed by atoms with E-state index in [0.29, 0.717) is 19.4 Å². The molecule has 6 nitrogen and oxygen atoms in total. The van der Waals surface area contributed by atoms with Crippen molar-refractivity contribution in [3.05, 3.63) is 52.3 Å². The Morgan fingerprint density at radius 2 is 1.96 bits per heavy atom. The zero-order valence-corrected chi connectivity index (χ0v) is 17.2. The summed E-state index contributed by atoms with van der Waals surface area (Å²) >= 11 is 0. The number of sulfone groups is 1. The van der Waals surface area contributed by atoms with Crippen LogP contribution in [0.4, 0.5) is 0 Å². The molecule has 1 aromatic carbocycles. The Kier molecular flexibility index (Phi) is 5.42. The van der Waals surface area contributed by atoms with Crippen LogP contribution in [0.2, 0.25) is 0 Å². The van der Waals surface area contributed by atoms with Gasteiger partial charge in [0.2, 0.25) is 5.91 Å². The molecule has 7 heteroatoms. The summed E-state index contributed by atoms with van der Waals surface area (Å²) in [5, 5.41) is 4.58. The van der Waals surface area contributed by atoms with E-state index in [1.165, 1.54) is 0 Å². The summed E-state index contributed by atoms with van der Waals surface area (Å²) in [7, 11) is -1.16. The van der Waals surface area contributed by atoms with Crippen molar-refractivity contribution < 1.29 is 13.2 Å². The van der Waals surface area contributed by atoms with Gasteiger partial charge in [-0.25, -0.2) is 8.42 Å². The molecule has 1 aliphatic heterocycles. The Morgan fingerprint density at radius 1 is 1.26 bits per heavy atom. The third-order valence-electron chi connectivity index (χ3n) is 5.45. The molecular formula is C20H27N3O3S. The van der Waals surface area contributed by atoms with Gasteiger partial charge in [-0.2, -0.15) is 5.10 Å². The summed E-state index contributed by atoms with van der Waals surface area (Å²) in [5.74, 6) is 0.427. The van der Waals surface area contributed by atoms with Crippen molar-refractivity contribution in [1.29, 1.82) is 0 Å². The van der Waals surface area contributed by atoms with Gasteiger partial charge in [0, 0.05) is 24.8 Å². The van der Waals surface area contributed by atoms with Gasteiger partial charge in [0.25, 0.3) is 0 Å². The first-order valence-corrected chi connectivity index (χ1v) is 11.0. The number of aromatic nitrogens is 2. The maximum absolute atomic E-state index is 12.7. The average molecular weight is 390 g/mol. The van der Waals surface area contributed by atoms with Gasteiger partial charge in [0.15, 0.2) is 9.84 Å². The topological polar surface area (TPSA) is 72.3 Å². The maximum atomic E-state index is 12.7. The minimum absolute atomic E-state index is 0.0549. The second kappa shape index (κ2) is 7.46. The summed E-state index contributed by atoms with van der Waals surface area (Å²) in [5.41, 5.74) is 4.95. The molecule has 0 saturated carbocycles. The van der Waals surface area contributed by atoms with E-state index >= 15 is 0 Å². The molecule has 3 rings (SSSR count). The number of benzene rings is 1. The minimum atomic E-state index is -2.96. The van der Waals surface area contributed by atoms with Gasteiger partial charge in [-0.05, 0) is 38.3 Å². The first-order valence-electron chi connectivity index (χ1n) is 9.21. The summed E-state index contributed by atoms with van der Waals surface area (Å²) < 4.78 is 25.4. The molecule has 1 saturated heterocycles. The Morgan fingerprint density at radius 3 is 2.59 bits per heavy atom. The van der Waals surface area contributed by atoms with Crippen LogP contribution in [0.25, 0.3) is 0 Å². The molecule has 1 amide bonds. The number of aryl methyl sites for hydroxylation is 2. The van der Waals surface area contributed by atoms with Gasteiger partial charge in [0.1, 0.15) is 0 Å². The predicted octanol–water partition coefficient (Wildman–Crippen LogP) is 2.37. The van der Waals surface area contributed by atoms with Crippen LogP contribution in [0.3, 0.4) is 0 Å². The molecule has 0 spiro atoms. The van der Waals surface area contributed by atoms with Crippen molar-refractivity contribution in [2.75, 3.05) is 18.6 Å². The number of likely N-dealkylation sites (N-methyl/N-ethyl adjacent to an activating group) is 1. The SMILES string of the molecule is Cc1ccccc1CC(=O)N(C)Cc1c(C)nn([C@H]2CCS(=O)(=O)C2)c1C. The van der Waals surface area contributed by atoms with E-state index in [1.54, 1.807) is 11.9 Å². The Hall–Kier alpha value is -2.15. The average Bonchev–Trinajstić information content (AvgIpc) is 3.10. The predicted molar refractivity (Wildman–Crippen MR) is 105 cm³/mol. The van der Waals surface area contributed by atoms with Gasteiger partial charge in [-0.1, -0.05) is 24.3 Å². The van der Waals surface area contributed by atoms with Crippen molar-refractivity contribution in [2.24, 2.45) is 0 Å². The Balaban J connectivity index is 1.73. The highest BCUT2D eigenvalue weighted by atomic mass is 32.2. The largest absolute Gasteiger partial charge is 0.341 e. The molecule has 0 N–H and O–H groups in total. The maximum Gasteiger partial charge on any atom is 0.227 e. The lowest BCUT2D eigenvalue weighted by molar-refractivity contribution is -0.129. The second-order valence-corrected chi connectivity index (χ2v) is 9.73. The molecule has 27 heavy (non-hydrogen) atoms. The lowest BCUT2D eigenvalue weighted by atomic mass is 10.1. The van der Waals surface area contributed by atoms with E-state index < -0.39 is 9.84 Å².